The maximum Gasteiger partial charge on any atom is 0.341 e. The normalized spacial score (nSPS) is 10.4. The Balaban J connectivity index is 2.26. The number of ether oxygens (including phenoxy) is 1. The molecule has 0 bridgehead atoms. The van der Waals surface area contributed by atoms with Crippen LogP contribution < -0.4 is 0 Å². The van der Waals surface area contributed by atoms with Crippen LogP contribution >= 0.6 is 15.9 Å². The first-order chi connectivity index (χ1) is 8.61. The van der Waals surface area contributed by atoms with E-state index in [0.29, 0.717) is 17.8 Å². The number of nitrogens with zero attached hydrogens (tertiary/aromatic N) is 2. The molecule has 0 saturated carbocycles. The van der Waals surface area contributed by atoms with Crippen molar-refractivity contribution in [1.29, 1.82) is 0 Å². The summed E-state index contributed by atoms with van der Waals surface area (Å²) in [5, 5.41) is 4.31. The highest BCUT2D eigenvalue weighted by Gasteiger charge is 2.13. The van der Waals surface area contributed by atoms with Gasteiger partial charge in [0.1, 0.15) is 5.56 Å². The fourth-order valence-corrected chi connectivity index (χ4v) is 2.12. The molecule has 1 heterocycles. The SMILES string of the molecule is COC(=O)c1cn(Cc2ccccc2Br)nc1C. The quantitative estimate of drug-likeness (QED) is 0.819. The summed E-state index contributed by atoms with van der Waals surface area (Å²) in [5.41, 5.74) is 2.29. The number of benzene rings is 1. The van der Waals surface area contributed by atoms with Crippen molar-refractivity contribution in [2.45, 2.75) is 13.5 Å². The van der Waals surface area contributed by atoms with Crippen molar-refractivity contribution in [3.63, 3.8) is 0 Å². The van der Waals surface area contributed by atoms with Gasteiger partial charge in [0.05, 0.1) is 19.3 Å². The second-order valence-corrected chi connectivity index (χ2v) is 4.76. The van der Waals surface area contributed by atoms with E-state index in [2.05, 4.69) is 21.0 Å². The van der Waals surface area contributed by atoms with Crippen LogP contribution in [-0.2, 0) is 11.3 Å². The van der Waals surface area contributed by atoms with Gasteiger partial charge in [-0.3, -0.25) is 4.68 Å². The van der Waals surface area contributed by atoms with Crippen LogP contribution in [0.4, 0.5) is 0 Å². The van der Waals surface area contributed by atoms with Gasteiger partial charge in [-0.2, -0.15) is 5.10 Å². The Morgan fingerprint density at radius 1 is 1.44 bits per heavy atom. The molecule has 0 atom stereocenters. The molecule has 0 aliphatic heterocycles. The molecule has 1 aromatic heterocycles. The second kappa shape index (κ2) is 5.35. The minimum atomic E-state index is -0.356. The first kappa shape index (κ1) is 12.8. The summed E-state index contributed by atoms with van der Waals surface area (Å²) in [6, 6.07) is 7.92. The van der Waals surface area contributed by atoms with Gasteiger partial charge in [-0.15, -0.1) is 0 Å². The van der Waals surface area contributed by atoms with Crippen molar-refractivity contribution in [2.75, 3.05) is 7.11 Å². The number of methoxy groups -OCH3 is 1. The number of hydrogen-bond acceptors (Lipinski definition) is 3. The van der Waals surface area contributed by atoms with E-state index in [1.54, 1.807) is 17.8 Å². The van der Waals surface area contributed by atoms with Gasteiger partial charge in [-0.25, -0.2) is 4.79 Å². The summed E-state index contributed by atoms with van der Waals surface area (Å²) >= 11 is 3.49. The Kier molecular flexibility index (Phi) is 3.81. The van der Waals surface area contributed by atoms with Crippen molar-refractivity contribution in [1.82, 2.24) is 9.78 Å². The van der Waals surface area contributed by atoms with Gasteiger partial charge >= 0.3 is 5.97 Å². The molecule has 0 aliphatic carbocycles. The highest BCUT2D eigenvalue weighted by molar-refractivity contribution is 9.10. The standard InChI is InChI=1S/C13H13BrN2O2/c1-9-11(13(17)18-2)8-16(15-9)7-10-5-3-4-6-12(10)14/h3-6,8H,7H2,1-2H3. The molecule has 18 heavy (non-hydrogen) atoms. The Morgan fingerprint density at radius 2 is 2.17 bits per heavy atom. The van der Waals surface area contributed by atoms with E-state index in [0.717, 1.165) is 10.0 Å². The molecule has 2 aromatic rings. The topological polar surface area (TPSA) is 44.1 Å². The van der Waals surface area contributed by atoms with Crippen LogP contribution in [0.25, 0.3) is 0 Å². The summed E-state index contributed by atoms with van der Waals surface area (Å²) < 4.78 is 7.47. The fourth-order valence-electron chi connectivity index (χ4n) is 1.71. The van der Waals surface area contributed by atoms with E-state index in [1.807, 2.05) is 24.3 Å². The zero-order chi connectivity index (χ0) is 13.1. The maximum atomic E-state index is 11.5. The molecule has 0 unspecified atom stereocenters. The minimum Gasteiger partial charge on any atom is -0.465 e. The largest absolute Gasteiger partial charge is 0.465 e. The number of aryl methyl sites for hydroxylation is 1. The van der Waals surface area contributed by atoms with Gasteiger partial charge < -0.3 is 4.74 Å². The smallest absolute Gasteiger partial charge is 0.341 e. The lowest BCUT2D eigenvalue weighted by Gasteiger charge is -2.03. The summed E-state index contributed by atoms with van der Waals surface area (Å²) in [7, 11) is 1.37. The van der Waals surface area contributed by atoms with Crippen LogP contribution in [-0.4, -0.2) is 22.9 Å². The fraction of sp³-hybridized carbons (Fsp3) is 0.231. The number of halogens is 1. The lowest BCUT2D eigenvalue weighted by Crippen LogP contribution is -2.02. The summed E-state index contributed by atoms with van der Waals surface area (Å²) in [5.74, 6) is -0.356. The third kappa shape index (κ3) is 2.61. The first-order valence-corrected chi connectivity index (χ1v) is 6.27. The predicted octanol–water partition coefficient (Wildman–Crippen LogP) is 2.79. The lowest BCUT2D eigenvalue weighted by atomic mass is 10.2. The van der Waals surface area contributed by atoms with E-state index >= 15 is 0 Å². The average molecular weight is 309 g/mol. The van der Waals surface area contributed by atoms with Crippen LogP contribution in [0.2, 0.25) is 0 Å². The summed E-state index contributed by atoms with van der Waals surface area (Å²) in [4.78, 5) is 11.5. The van der Waals surface area contributed by atoms with Gasteiger partial charge in [0.2, 0.25) is 0 Å². The predicted molar refractivity (Wildman–Crippen MR) is 71.5 cm³/mol. The Hall–Kier alpha value is -1.62. The third-order valence-corrected chi connectivity index (χ3v) is 3.42. The highest BCUT2D eigenvalue weighted by Crippen LogP contribution is 2.17. The van der Waals surface area contributed by atoms with Gasteiger partial charge in [0, 0.05) is 10.7 Å². The van der Waals surface area contributed by atoms with Gasteiger partial charge in [0.25, 0.3) is 0 Å². The van der Waals surface area contributed by atoms with Crippen molar-refractivity contribution in [3.8, 4) is 0 Å². The van der Waals surface area contributed by atoms with Crippen molar-refractivity contribution in [3.05, 3.63) is 51.8 Å². The molecular formula is C13H13BrN2O2. The minimum absolute atomic E-state index is 0.356. The molecule has 0 spiro atoms. The number of carbonyl (C=O) groups excluding carboxylic acids is 1. The van der Waals surface area contributed by atoms with E-state index in [9.17, 15) is 4.79 Å². The van der Waals surface area contributed by atoms with Crippen molar-refractivity contribution in [2.24, 2.45) is 0 Å². The van der Waals surface area contributed by atoms with Crippen LogP contribution in [0, 0.1) is 6.92 Å². The number of carbonyl (C=O) groups is 1. The number of hydrogen-bond donors (Lipinski definition) is 0. The molecule has 0 radical (unpaired) electrons. The molecule has 4 nitrogen and oxygen atoms in total. The number of rotatable bonds is 3. The molecule has 0 aliphatic rings. The zero-order valence-electron chi connectivity index (χ0n) is 10.2. The van der Waals surface area contributed by atoms with Crippen molar-refractivity contribution < 1.29 is 9.53 Å². The van der Waals surface area contributed by atoms with E-state index < -0.39 is 0 Å². The van der Waals surface area contributed by atoms with Gasteiger partial charge in [-0.05, 0) is 18.6 Å². The van der Waals surface area contributed by atoms with Gasteiger partial charge in [-0.1, -0.05) is 34.1 Å². The zero-order valence-corrected chi connectivity index (χ0v) is 11.8. The molecule has 1 aromatic carbocycles. The summed E-state index contributed by atoms with van der Waals surface area (Å²) in [6.07, 6.45) is 1.71. The first-order valence-electron chi connectivity index (χ1n) is 5.47. The maximum absolute atomic E-state index is 11.5. The lowest BCUT2D eigenvalue weighted by molar-refractivity contribution is 0.0600. The highest BCUT2D eigenvalue weighted by atomic mass is 79.9. The molecule has 0 fully saturated rings. The van der Waals surface area contributed by atoms with Gasteiger partial charge in [0.15, 0.2) is 0 Å². The molecule has 94 valence electrons. The van der Waals surface area contributed by atoms with Crippen LogP contribution in [0.3, 0.4) is 0 Å². The van der Waals surface area contributed by atoms with E-state index in [-0.39, 0.29) is 5.97 Å². The van der Waals surface area contributed by atoms with E-state index in [4.69, 9.17) is 4.74 Å². The summed E-state index contributed by atoms with van der Waals surface area (Å²) in [6.45, 7) is 2.40. The molecule has 2 rings (SSSR count). The Labute approximate surface area is 114 Å². The Bertz CT molecular complexity index is 578. The Morgan fingerprint density at radius 3 is 2.83 bits per heavy atom. The number of esters is 1. The third-order valence-electron chi connectivity index (χ3n) is 2.64. The molecule has 0 N–H and O–H groups in total. The average Bonchev–Trinajstić information content (AvgIpc) is 2.72. The molecule has 0 amide bonds. The molecule has 0 saturated heterocycles. The van der Waals surface area contributed by atoms with Crippen LogP contribution in [0.15, 0.2) is 34.9 Å². The van der Waals surface area contributed by atoms with Crippen LogP contribution in [0.1, 0.15) is 21.6 Å². The molecular weight excluding hydrogens is 296 g/mol. The monoisotopic (exact) mass is 308 g/mol. The van der Waals surface area contributed by atoms with Crippen LogP contribution in [0.5, 0.6) is 0 Å². The van der Waals surface area contributed by atoms with E-state index in [1.165, 1.54) is 7.11 Å². The van der Waals surface area contributed by atoms with Crippen molar-refractivity contribution >= 4 is 21.9 Å². The molecule has 5 heteroatoms. The number of aromatic nitrogens is 2. The second-order valence-electron chi connectivity index (χ2n) is 3.91.